The van der Waals surface area contributed by atoms with Gasteiger partial charge in [-0.3, -0.25) is 0 Å². The van der Waals surface area contributed by atoms with Gasteiger partial charge in [-0.25, -0.2) is 4.79 Å². The quantitative estimate of drug-likeness (QED) is 0.805. The molecule has 1 N–H and O–H groups in total. The number of carbonyl (C=O) groups is 1. The summed E-state index contributed by atoms with van der Waals surface area (Å²) in [6.45, 7) is 5.35. The summed E-state index contributed by atoms with van der Waals surface area (Å²) in [5, 5.41) is 7.12. The molecule has 2 fully saturated rings. The van der Waals surface area contributed by atoms with Crippen LogP contribution in [0.25, 0.3) is 0 Å². The van der Waals surface area contributed by atoms with Gasteiger partial charge in [-0.2, -0.15) is 13.2 Å². The Kier molecular flexibility index (Phi) is 6.75. The average molecular weight is 296 g/mol. The molecule has 118 valence electrons. The molecule has 0 atom stereocenters. The Morgan fingerprint density at radius 3 is 1.90 bits per heavy atom. The van der Waals surface area contributed by atoms with Gasteiger partial charge in [-0.15, -0.1) is 0 Å². The summed E-state index contributed by atoms with van der Waals surface area (Å²) in [6.07, 6.45) is 2.05. The Morgan fingerprint density at radius 1 is 1.05 bits per heavy atom. The smallest absolute Gasteiger partial charge is 0.475 e. The number of alkyl halides is 3. The molecule has 2 heterocycles. The van der Waals surface area contributed by atoms with Crippen LogP contribution >= 0.6 is 0 Å². The zero-order chi connectivity index (χ0) is 15.2. The molecule has 2 rings (SSSR count). The van der Waals surface area contributed by atoms with Gasteiger partial charge < -0.3 is 14.9 Å². The van der Waals surface area contributed by atoms with Crippen molar-refractivity contribution in [2.24, 2.45) is 0 Å². The molecule has 0 aromatic rings. The van der Waals surface area contributed by atoms with E-state index in [-0.39, 0.29) is 0 Å². The number of hydrogen-bond donors (Lipinski definition) is 1. The Hall–Kier alpha value is -0.820. The minimum Gasteiger partial charge on any atom is -0.475 e. The van der Waals surface area contributed by atoms with Crippen molar-refractivity contribution in [3.63, 3.8) is 0 Å². The molecule has 2 aliphatic heterocycles. The average Bonchev–Trinajstić information content (AvgIpc) is 2.40. The number of carboxylic acid groups (broad SMARTS) is 1. The second-order valence-electron chi connectivity index (χ2n) is 5.43. The summed E-state index contributed by atoms with van der Waals surface area (Å²) in [5.41, 5.74) is 0. The van der Waals surface area contributed by atoms with Gasteiger partial charge in [-0.05, 0) is 58.9 Å². The molecule has 2 aliphatic rings. The van der Waals surface area contributed by atoms with Crippen LogP contribution in [0.2, 0.25) is 0 Å². The lowest BCUT2D eigenvalue weighted by Gasteiger charge is -2.39. The van der Waals surface area contributed by atoms with Gasteiger partial charge >= 0.3 is 12.1 Å². The van der Waals surface area contributed by atoms with Crippen molar-refractivity contribution in [3.8, 4) is 0 Å². The van der Waals surface area contributed by atoms with Gasteiger partial charge in [0.25, 0.3) is 0 Å². The first-order chi connectivity index (χ1) is 9.30. The first-order valence-electron chi connectivity index (χ1n) is 7.03. The van der Waals surface area contributed by atoms with Crippen LogP contribution in [0.4, 0.5) is 13.2 Å². The Balaban J connectivity index is 0.000000246. The van der Waals surface area contributed by atoms with Crippen LogP contribution in [0.15, 0.2) is 0 Å². The minimum atomic E-state index is -5.08. The summed E-state index contributed by atoms with van der Waals surface area (Å²) >= 11 is 0. The van der Waals surface area contributed by atoms with E-state index in [0.29, 0.717) is 0 Å². The predicted octanol–water partition coefficient (Wildman–Crippen LogP) is 2.20. The molecule has 0 saturated carbocycles. The Labute approximate surface area is 117 Å². The topological polar surface area (TPSA) is 43.8 Å². The molecule has 7 heteroatoms. The highest BCUT2D eigenvalue weighted by atomic mass is 19.4. The van der Waals surface area contributed by atoms with Gasteiger partial charge in [0.15, 0.2) is 0 Å². The van der Waals surface area contributed by atoms with E-state index in [9.17, 15) is 13.2 Å². The summed E-state index contributed by atoms with van der Waals surface area (Å²) in [4.78, 5) is 14.1. The third-order valence-corrected chi connectivity index (χ3v) is 3.84. The molecule has 2 saturated heterocycles. The molecule has 0 radical (unpaired) electrons. The fourth-order valence-electron chi connectivity index (χ4n) is 2.64. The second kappa shape index (κ2) is 7.83. The molecule has 0 aromatic carbocycles. The normalized spacial score (nSPS) is 23.0. The van der Waals surface area contributed by atoms with Crippen LogP contribution in [0.3, 0.4) is 0 Å². The number of piperidine rings is 2. The third-order valence-electron chi connectivity index (χ3n) is 3.84. The van der Waals surface area contributed by atoms with Gasteiger partial charge in [-0.1, -0.05) is 6.42 Å². The van der Waals surface area contributed by atoms with Crippen molar-refractivity contribution in [1.29, 1.82) is 0 Å². The Morgan fingerprint density at radius 2 is 1.50 bits per heavy atom. The summed E-state index contributed by atoms with van der Waals surface area (Å²) in [7, 11) is 2.24. The lowest BCUT2D eigenvalue weighted by molar-refractivity contribution is -0.192. The number of halogens is 3. The van der Waals surface area contributed by atoms with E-state index in [0.717, 1.165) is 6.04 Å². The summed E-state index contributed by atoms with van der Waals surface area (Å²) in [6, 6.07) is 0.913. The molecule has 20 heavy (non-hydrogen) atoms. The number of hydrogen-bond acceptors (Lipinski definition) is 3. The fraction of sp³-hybridized carbons (Fsp3) is 0.923. The number of rotatable bonds is 1. The van der Waals surface area contributed by atoms with Crippen LogP contribution in [-0.4, -0.2) is 66.3 Å². The SMILES string of the molecule is CN1CCC(N2CCCCC2)CC1.O=C(O)C(F)(F)F. The molecule has 0 aromatic heterocycles. The maximum absolute atomic E-state index is 10.6. The lowest BCUT2D eigenvalue weighted by Crippen LogP contribution is -2.45. The molecule has 0 aliphatic carbocycles. The van der Waals surface area contributed by atoms with E-state index in [1.54, 1.807) is 0 Å². The zero-order valence-electron chi connectivity index (χ0n) is 11.8. The standard InChI is InChI=1S/C11H22N2.C2HF3O2/c1-12-9-5-11(6-10-12)13-7-3-2-4-8-13;3-2(4,5)1(6)7/h11H,2-10H2,1H3;(H,6,7). The van der Waals surface area contributed by atoms with Crippen molar-refractivity contribution >= 4 is 5.97 Å². The van der Waals surface area contributed by atoms with Crippen molar-refractivity contribution in [3.05, 3.63) is 0 Å². The molecular weight excluding hydrogens is 273 g/mol. The monoisotopic (exact) mass is 296 g/mol. The number of aliphatic carboxylic acids is 1. The molecule has 0 bridgehead atoms. The Bertz CT molecular complexity index is 296. The fourth-order valence-corrected chi connectivity index (χ4v) is 2.64. The number of likely N-dealkylation sites (tertiary alicyclic amines) is 2. The summed E-state index contributed by atoms with van der Waals surface area (Å²) in [5.74, 6) is -2.76. The van der Waals surface area contributed by atoms with Crippen LogP contribution in [0.5, 0.6) is 0 Å². The van der Waals surface area contributed by atoms with Crippen molar-refractivity contribution < 1.29 is 23.1 Å². The lowest BCUT2D eigenvalue weighted by atomic mass is 10.0. The van der Waals surface area contributed by atoms with Crippen LogP contribution < -0.4 is 0 Å². The van der Waals surface area contributed by atoms with E-state index in [4.69, 9.17) is 9.90 Å². The second-order valence-corrected chi connectivity index (χ2v) is 5.43. The molecule has 4 nitrogen and oxygen atoms in total. The highest BCUT2D eigenvalue weighted by Gasteiger charge is 2.38. The van der Waals surface area contributed by atoms with E-state index in [1.165, 1.54) is 58.3 Å². The molecule has 0 unspecified atom stereocenters. The first kappa shape index (κ1) is 17.2. The predicted molar refractivity (Wildman–Crippen MR) is 69.6 cm³/mol. The van der Waals surface area contributed by atoms with Crippen LogP contribution in [-0.2, 0) is 4.79 Å². The van der Waals surface area contributed by atoms with E-state index in [2.05, 4.69) is 16.8 Å². The van der Waals surface area contributed by atoms with E-state index in [1.807, 2.05) is 0 Å². The third kappa shape index (κ3) is 6.09. The van der Waals surface area contributed by atoms with Crippen molar-refractivity contribution in [2.75, 3.05) is 33.2 Å². The van der Waals surface area contributed by atoms with E-state index >= 15 is 0 Å². The number of carboxylic acids is 1. The zero-order valence-corrected chi connectivity index (χ0v) is 11.8. The van der Waals surface area contributed by atoms with Crippen LogP contribution in [0.1, 0.15) is 32.1 Å². The van der Waals surface area contributed by atoms with Crippen molar-refractivity contribution in [1.82, 2.24) is 9.80 Å². The van der Waals surface area contributed by atoms with Gasteiger partial charge in [0, 0.05) is 6.04 Å². The maximum atomic E-state index is 10.6. The van der Waals surface area contributed by atoms with Crippen LogP contribution in [0, 0.1) is 0 Å². The maximum Gasteiger partial charge on any atom is 0.490 e. The highest BCUT2D eigenvalue weighted by molar-refractivity contribution is 5.73. The van der Waals surface area contributed by atoms with Gasteiger partial charge in [0.1, 0.15) is 0 Å². The largest absolute Gasteiger partial charge is 0.490 e. The molecule has 0 amide bonds. The van der Waals surface area contributed by atoms with Gasteiger partial charge in [0.2, 0.25) is 0 Å². The minimum absolute atomic E-state index is 0.913. The van der Waals surface area contributed by atoms with Gasteiger partial charge in [0.05, 0.1) is 0 Å². The summed E-state index contributed by atoms with van der Waals surface area (Å²) < 4.78 is 31.7. The number of nitrogens with zero attached hydrogens (tertiary/aromatic N) is 2. The first-order valence-corrected chi connectivity index (χ1v) is 7.03. The highest BCUT2D eigenvalue weighted by Crippen LogP contribution is 2.19. The molecular formula is C13H23F3N2O2. The molecule has 0 spiro atoms. The van der Waals surface area contributed by atoms with Crippen molar-refractivity contribution in [2.45, 2.75) is 44.3 Å². The van der Waals surface area contributed by atoms with E-state index < -0.39 is 12.1 Å².